The van der Waals surface area contributed by atoms with Gasteiger partial charge in [-0.2, -0.15) is 0 Å². The van der Waals surface area contributed by atoms with E-state index >= 15 is 0 Å². The molecule has 0 aliphatic carbocycles. The Morgan fingerprint density at radius 1 is 1.46 bits per heavy atom. The number of nitrogens with one attached hydrogen (secondary N) is 1. The molecule has 0 saturated heterocycles. The van der Waals surface area contributed by atoms with Crippen LogP contribution in [0.1, 0.15) is 33.6 Å². The van der Waals surface area contributed by atoms with Gasteiger partial charge >= 0.3 is 0 Å². The Morgan fingerprint density at radius 2 is 2.00 bits per heavy atom. The van der Waals surface area contributed by atoms with Gasteiger partial charge in [0.15, 0.2) is 0 Å². The Morgan fingerprint density at radius 3 is 2.23 bits per heavy atom. The van der Waals surface area contributed by atoms with Crippen molar-refractivity contribution < 1.29 is 4.74 Å². The third kappa shape index (κ3) is 2.70. The van der Waals surface area contributed by atoms with E-state index in [0.717, 1.165) is 12.8 Å². The van der Waals surface area contributed by atoms with E-state index in [-0.39, 0.29) is 11.6 Å². The van der Waals surface area contributed by atoms with Crippen LogP contribution in [0.3, 0.4) is 0 Å². The molecule has 0 spiro atoms. The van der Waals surface area contributed by atoms with Gasteiger partial charge < -0.3 is 4.74 Å². The highest BCUT2D eigenvalue weighted by Gasteiger charge is 2.34. The molecule has 0 radical (unpaired) electrons. The molecule has 0 aromatic heterocycles. The van der Waals surface area contributed by atoms with Crippen LogP contribution in [0.25, 0.3) is 0 Å². The highest BCUT2D eigenvalue weighted by Crippen LogP contribution is 2.24. The summed E-state index contributed by atoms with van der Waals surface area (Å²) < 4.78 is 5.69. The quantitative estimate of drug-likeness (QED) is 0.368. The van der Waals surface area contributed by atoms with Crippen LogP contribution in [-0.4, -0.2) is 18.2 Å². The molecule has 0 amide bonds. The van der Waals surface area contributed by atoms with E-state index in [1.54, 1.807) is 0 Å². The van der Waals surface area contributed by atoms with E-state index in [9.17, 15) is 0 Å². The first-order valence-electron chi connectivity index (χ1n) is 4.76. The molecule has 13 heavy (non-hydrogen) atoms. The van der Waals surface area contributed by atoms with Crippen LogP contribution in [0.5, 0.6) is 0 Å². The number of nitrogens with two attached hydrogens (primary N) is 1. The van der Waals surface area contributed by atoms with Gasteiger partial charge in [0.2, 0.25) is 0 Å². The van der Waals surface area contributed by atoms with Crippen molar-refractivity contribution in [2.75, 3.05) is 6.61 Å². The van der Waals surface area contributed by atoms with Gasteiger partial charge in [-0.15, -0.1) is 6.42 Å². The summed E-state index contributed by atoms with van der Waals surface area (Å²) in [5, 5.41) is 0. The average Bonchev–Trinajstić information content (AvgIpc) is 2.18. The standard InChI is InChI=1S/C10H20N2O/c1-5-9(12-11)10(6-2,7-3)13-8-4/h1,9,12H,6-8,11H2,2-4H3. The lowest BCUT2D eigenvalue weighted by atomic mass is 9.89. The summed E-state index contributed by atoms with van der Waals surface area (Å²) in [6, 6.07) is -0.220. The lowest BCUT2D eigenvalue weighted by molar-refractivity contribution is -0.0590. The predicted octanol–water partition coefficient (Wildman–Crippen LogP) is 1.05. The van der Waals surface area contributed by atoms with Crippen LogP contribution in [0, 0.1) is 12.3 Å². The predicted molar refractivity (Wildman–Crippen MR) is 54.9 cm³/mol. The smallest absolute Gasteiger partial charge is 0.110 e. The fraction of sp³-hybridized carbons (Fsp3) is 0.800. The summed E-state index contributed by atoms with van der Waals surface area (Å²) in [5.41, 5.74) is 2.30. The molecule has 0 bridgehead atoms. The van der Waals surface area contributed by atoms with Crippen molar-refractivity contribution in [2.45, 2.75) is 45.3 Å². The minimum absolute atomic E-state index is 0.220. The zero-order valence-corrected chi connectivity index (χ0v) is 8.76. The van der Waals surface area contributed by atoms with Gasteiger partial charge in [-0.1, -0.05) is 19.8 Å². The molecule has 0 aliphatic heterocycles. The van der Waals surface area contributed by atoms with Crippen LogP contribution in [0.4, 0.5) is 0 Å². The molecule has 0 heterocycles. The van der Waals surface area contributed by atoms with E-state index in [4.69, 9.17) is 17.0 Å². The first kappa shape index (κ1) is 12.4. The minimum atomic E-state index is -0.321. The monoisotopic (exact) mass is 184 g/mol. The molecular weight excluding hydrogens is 164 g/mol. The number of hydrogen-bond donors (Lipinski definition) is 2. The zero-order valence-electron chi connectivity index (χ0n) is 8.76. The Balaban J connectivity index is 4.62. The Hall–Kier alpha value is -0.560. The molecule has 76 valence electrons. The van der Waals surface area contributed by atoms with E-state index in [1.807, 2.05) is 6.92 Å². The molecular formula is C10H20N2O. The van der Waals surface area contributed by atoms with Crippen molar-refractivity contribution in [1.29, 1.82) is 0 Å². The molecule has 3 heteroatoms. The van der Waals surface area contributed by atoms with Gasteiger partial charge in [0.25, 0.3) is 0 Å². The lowest BCUT2D eigenvalue weighted by Crippen LogP contribution is -2.53. The Labute approximate surface area is 81.0 Å². The van der Waals surface area contributed by atoms with Crippen molar-refractivity contribution in [2.24, 2.45) is 5.84 Å². The molecule has 1 unspecified atom stereocenters. The SMILES string of the molecule is C#CC(NN)C(CC)(CC)OCC. The van der Waals surface area contributed by atoms with Gasteiger partial charge in [0.1, 0.15) is 6.04 Å². The number of ether oxygens (including phenoxy) is 1. The first-order chi connectivity index (χ1) is 6.20. The van der Waals surface area contributed by atoms with Crippen LogP contribution >= 0.6 is 0 Å². The van der Waals surface area contributed by atoms with E-state index < -0.39 is 0 Å². The van der Waals surface area contributed by atoms with E-state index in [1.165, 1.54) is 0 Å². The third-order valence-electron chi connectivity index (χ3n) is 2.49. The normalized spacial score (nSPS) is 13.8. The summed E-state index contributed by atoms with van der Waals surface area (Å²) in [7, 11) is 0. The fourth-order valence-electron chi connectivity index (χ4n) is 1.59. The van der Waals surface area contributed by atoms with Crippen molar-refractivity contribution in [3.8, 4) is 12.3 Å². The number of rotatable bonds is 6. The van der Waals surface area contributed by atoms with Gasteiger partial charge in [-0.25, -0.2) is 5.43 Å². The van der Waals surface area contributed by atoms with Crippen molar-refractivity contribution in [3.05, 3.63) is 0 Å². The maximum absolute atomic E-state index is 5.69. The topological polar surface area (TPSA) is 47.3 Å². The maximum atomic E-state index is 5.69. The molecule has 0 saturated carbocycles. The molecule has 1 atom stereocenters. The van der Waals surface area contributed by atoms with E-state index in [0.29, 0.717) is 6.61 Å². The van der Waals surface area contributed by atoms with Gasteiger partial charge in [-0.3, -0.25) is 5.84 Å². The van der Waals surface area contributed by atoms with Gasteiger partial charge in [0.05, 0.1) is 5.60 Å². The second-order valence-corrected chi connectivity index (χ2v) is 2.97. The summed E-state index contributed by atoms with van der Waals surface area (Å²) >= 11 is 0. The summed E-state index contributed by atoms with van der Waals surface area (Å²) in [6.07, 6.45) is 7.09. The summed E-state index contributed by atoms with van der Waals surface area (Å²) in [5.74, 6) is 8.00. The first-order valence-corrected chi connectivity index (χ1v) is 4.76. The zero-order chi connectivity index (χ0) is 10.3. The second-order valence-electron chi connectivity index (χ2n) is 2.97. The molecule has 0 rings (SSSR count). The Kier molecular flexibility index (Phi) is 5.72. The van der Waals surface area contributed by atoms with Gasteiger partial charge in [-0.05, 0) is 19.8 Å². The van der Waals surface area contributed by atoms with E-state index in [2.05, 4.69) is 25.2 Å². The average molecular weight is 184 g/mol. The second kappa shape index (κ2) is 5.98. The fourth-order valence-corrected chi connectivity index (χ4v) is 1.59. The van der Waals surface area contributed by atoms with Crippen molar-refractivity contribution in [3.63, 3.8) is 0 Å². The van der Waals surface area contributed by atoms with Crippen LogP contribution in [0.2, 0.25) is 0 Å². The lowest BCUT2D eigenvalue weighted by Gasteiger charge is -2.36. The molecule has 0 aromatic carbocycles. The molecule has 0 fully saturated rings. The Bertz CT molecular complexity index is 170. The van der Waals surface area contributed by atoms with Gasteiger partial charge in [0, 0.05) is 6.61 Å². The highest BCUT2D eigenvalue weighted by molar-refractivity contribution is 5.09. The van der Waals surface area contributed by atoms with Crippen LogP contribution in [-0.2, 0) is 4.74 Å². The highest BCUT2D eigenvalue weighted by atomic mass is 16.5. The largest absolute Gasteiger partial charge is 0.373 e. The summed E-state index contributed by atoms with van der Waals surface area (Å²) in [4.78, 5) is 0. The molecule has 3 N–H and O–H groups in total. The third-order valence-corrected chi connectivity index (χ3v) is 2.49. The van der Waals surface area contributed by atoms with Crippen LogP contribution in [0.15, 0.2) is 0 Å². The van der Waals surface area contributed by atoms with Crippen LogP contribution < -0.4 is 11.3 Å². The minimum Gasteiger partial charge on any atom is -0.373 e. The molecule has 0 aromatic rings. The van der Waals surface area contributed by atoms with Crippen molar-refractivity contribution >= 4 is 0 Å². The number of hydrazine groups is 1. The molecule has 0 aliphatic rings. The summed E-state index contributed by atoms with van der Waals surface area (Å²) in [6.45, 7) is 6.73. The maximum Gasteiger partial charge on any atom is 0.110 e. The number of terminal acetylenes is 1. The molecule has 3 nitrogen and oxygen atoms in total. The number of hydrogen-bond acceptors (Lipinski definition) is 3. The van der Waals surface area contributed by atoms with Crippen molar-refractivity contribution in [1.82, 2.24) is 5.43 Å².